The summed E-state index contributed by atoms with van der Waals surface area (Å²) < 4.78 is 6.67. The minimum atomic E-state index is -0.826. The average Bonchev–Trinajstić information content (AvgIpc) is 2.79. The summed E-state index contributed by atoms with van der Waals surface area (Å²) in [5, 5.41) is 3.27. The van der Waals surface area contributed by atoms with Crippen molar-refractivity contribution in [3.8, 4) is 5.75 Å². The molecule has 6 nitrogen and oxygen atoms in total. The molecule has 0 bridgehead atoms. The minimum absolute atomic E-state index is 0.165. The number of hydrogen-bond donors (Lipinski definition) is 1. The molecule has 0 radical (unpaired) electrons. The smallest absolute Gasteiger partial charge is 0.335 e. The van der Waals surface area contributed by atoms with Crippen LogP contribution in [0.4, 0.5) is 10.5 Å². The predicted octanol–water partition coefficient (Wildman–Crippen LogP) is 6.15. The Kier molecular flexibility index (Phi) is 7.25. The van der Waals surface area contributed by atoms with Crippen LogP contribution in [-0.2, 0) is 16.2 Å². The third kappa shape index (κ3) is 5.27. The molecule has 0 spiro atoms. The summed E-state index contributed by atoms with van der Waals surface area (Å²) in [7, 11) is 0. The Morgan fingerprint density at radius 1 is 1.00 bits per heavy atom. The normalized spacial score (nSPS) is 15.0. The van der Waals surface area contributed by atoms with E-state index in [0.717, 1.165) is 19.6 Å². The van der Waals surface area contributed by atoms with Gasteiger partial charge >= 0.3 is 6.03 Å². The summed E-state index contributed by atoms with van der Waals surface area (Å²) >= 11 is 14.2. The van der Waals surface area contributed by atoms with Crippen molar-refractivity contribution in [2.24, 2.45) is 0 Å². The lowest BCUT2D eigenvalue weighted by molar-refractivity contribution is -0.122. The zero-order chi connectivity index (χ0) is 24.4. The van der Waals surface area contributed by atoms with E-state index in [0.29, 0.717) is 28.0 Å². The van der Waals surface area contributed by atoms with E-state index in [-0.39, 0.29) is 11.3 Å². The third-order valence-corrected chi connectivity index (χ3v) is 6.59. The van der Waals surface area contributed by atoms with E-state index in [1.165, 1.54) is 12.1 Å². The standard InChI is InChI=1S/C25H17Cl2IN2O4/c1-14-2-8-18(12-20(14)27)30-24(32)19(23(31)29-25(30)33)10-16-5-9-22(21(28)11-16)34-13-15-3-6-17(26)7-4-15/h2-12H,13H2,1H3,(H,29,31,33)/b19-10-. The first-order chi connectivity index (χ1) is 16.2. The predicted molar refractivity (Wildman–Crippen MR) is 140 cm³/mol. The molecule has 9 heteroatoms. The number of anilines is 1. The van der Waals surface area contributed by atoms with Crippen LogP contribution >= 0.6 is 45.8 Å². The molecule has 3 aromatic carbocycles. The van der Waals surface area contributed by atoms with Crippen LogP contribution in [0.15, 0.2) is 66.2 Å². The van der Waals surface area contributed by atoms with Gasteiger partial charge in [-0.3, -0.25) is 14.9 Å². The minimum Gasteiger partial charge on any atom is -0.488 e. The topological polar surface area (TPSA) is 75.7 Å². The van der Waals surface area contributed by atoms with Crippen LogP contribution in [0.25, 0.3) is 6.08 Å². The molecule has 1 N–H and O–H groups in total. The maximum absolute atomic E-state index is 13.1. The number of aryl methyl sites for hydroxylation is 1. The van der Waals surface area contributed by atoms with Gasteiger partial charge in [-0.1, -0.05) is 47.5 Å². The van der Waals surface area contributed by atoms with Gasteiger partial charge in [0.1, 0.15) is 17.9 Å². The summed E-state index contributed by atoms with van der Waals surface area (Å²) in [6.07, 6.45) is 1.44. The van der Waals surface area contributed by atoms with Gasteiger partial charge in [-0.2, -0.15) is 0 Å². The lowest BCUT2D eigenvalue weighted by Gasteiger charge is -2.26. The summed E-state index contributed by atoms with van der Waals surface area (Å²) in [6.45, 7) is 2.17. The number of rotatable bonds is 5. The van der Waals surface area contributed by atoms with Crippen molar-refractivity contribution in [2.75, 3.05) is 4.90 Å². The number of hydrogen-bond acceptors (Lipinski definition) is 4. The molecule has 34 heavy (non-hydrogen) atoms. The molecule has 172 valence electrons. The molecule has 0 atom stereocenters. The average molecular weight is 607 g/mol. The fourth-order valence-electron chi connectivity index (χ4n) is 3.25. The molecule has 1 aliphatic heterocycles. The van der Waals surface area contributed by atoms with Gasteiger partial charge in [-0.25, -0.2) is 9.69 Å². The molecule has 1 heterocycles. The third-order valence-electron chi connectivity index (χ3n) is 5.09. The summed E-state index contributed by atoms with van der Waals surface area (Å²) in [6, 6.07) is 16.6. The Labute approximate surface area is 219 Å². The van der Waals surface area contributed by atoms with Gasteiger partial charge in [0.25, 0.3) is 11.8 Å². The number of benzene rings is 3. The van der Waals surface area contributed by atoms with Crippen LogP contribution in [0.2, 0.25) is 10.0 Å². The highest BCUT2D eigenvalue weighted by Crippen LogP contribution is 2.28. The van der Waals surface area contributed by atoms with E-state index in [1.807, 2.05) is 19.1 Å². The van der Waals surface area contributed by atoms with E-state index in [9.17, 15) is 14.4 Å². The van der Waals surface area contributed by atoms with Crippen LogP contribution in [0, 0.1) is 10.5 Å². The van der Waals surface area contributed by atoms with Crippen molar-refractivity contribution in [1.82, 2.24) is 5.32 Å². The summed E-state index contributed by atoms with van der Waals surface area (Å²) in [5.74, 6) is -0.836. The number of nitrogens with one attached hydrogen (secondary N) is 1. The van der Waals surface area contributed by atoms with Crippen LogP contribution in [0.3, 0.4) is 0 Å². The molecule has 1 saturated heterocycles. The van der Waals surface area contributed by atoms with Crippen LogP contribution in [0.1, 0.15) is 16.7 Å². The van der Waals surface area contributed by atoms with Gasteiger partial charge in [0.05, 0.1) is 9.26 Å². The summed E-state index contributed by atoms with van der Waals surface area (Å²) in [4.78, 5) is 38.8. The number of urea groups is 1. The number of halogens is 3. The van der Waals surface area contributed by atoms with E-state index in [1.54, 1.807) is 42.5 Å². The van der Waals surface area contributed by atoms with Gasteiger partial charge < -0.3 is 4.74 Å². The molecule has 3 aromatic rings. The number of barbiturate groups is 1. The van der Waals surface area contributed by atoms with Crippen molar-refractivity contribution >= 4 is 75.4 Å². The quantitative estimate of drug-likeness (QED) is 0.215. The monoisotopic (exact) mass is 606 g/mol. The molecule has 0 aromatic heterocycles. The fourth-order valence-corrected chi connectivity index (χ4v) is 4.24. The van der Waals surface area contributed by atoms with Crippen molar-refractivity contribution in [1.29, 1.82) is 0 Å². The van der Waals surface area contributed by atoms with E-state index in [2.05, 4.69) is 27.9 Å². The Hall–Kier alpha value is -2.88. The first kappa shape index (κ1) is 24.3. The molecular formula is C25H17Cl2IN2O4. The maximum Gasteiger partial charge on any atom is 0.335 e. The van der Waals surface area contributed by atoms with Gasteiger partial charge in [-0.05, 0) is 88.7 Å². The van der Waals surface area contributed by atoms with Crippen molar-refractivity contribution < 1.29 is 19.1 Å². The van der Waals surface area contributed by atoms with Gasteiger partial charge in [-0.15, -0.1) is 0 Å². The number of ether oxygens (including phenoxy) is 1. The molecule has 4 rings (SSSR count). The van der Waals surface area contributed by atoms with Crippen molar-refractivity contribution in [3.05, 3.63) is 96.5 Å². The highest BCUT2D eigenvalue weighted by Gasteiger charge is 2.37. The van der Waals surface area contributed by atoms with Crippen LogP contribution in [0.5, 0.6) is 5.75 Å². The highest BCUT2D eigenvalue weighted by molar-refractivity contribution is 14.1. The molecule has 0 unspecified atom stereocenters. The number of amides is 4. The number of imide groups is 2. The van der Waals surface area contributed by atoms with E-state index < -0.39 is 17.8 Å². The molecule has 1 fully saturated rings. The zero-order valence-corrected chi connectivity index (χ0v) is 21.4. The maximum atomic E-state index is 13.1. The Morgan fingerprint density at radius 3 is 2.41 bits per heavy atom. The SMILES string of the molecule is Cc1ccc(N2C(=O)NC(=O)/C(=C/c3ccc(OCc4ccc(Cl)cc4)c(I)c3)C2=O)cc1Cl. The molecule has 1 aliphatic rings. The van der Waals surface area contributed by atoms with E-state index in [4.69, 9.17) is 27.9 Å². The number of carbonyl (C=O) groups is 3. The fraction of sp³-hybridized carbons (Fsp3) is 0.0800. The second-order valence-electron chi connectivity index (χ2n) is 7.50. The van der Waals surface area contributed by atoms with E-state index >= 15 is 0 Å². The first-order valence-corrected chi connectivity index (χ1v) is 11.9. The van der Waals surface area contributed by atoms with Gasteiger partial charge in [0, 0.05) is 10.0 Å². The first-order valence-electron chi connectivity index (χ1n) is 10.1. The molecular weight excluding hydrogens is 590 g/mol. The second-order valence-corrected chi connectivity index (χ2v) is 9.50. The van der Waals surface area contributed by atoms with Gasteiger partial charge in [0.2, 0.25) is 0 Å². The van der Waals surface area contributed by atoms with Crippen molar-refractivity contribution in [2.45, 2.75) is 13.5 Å². The lowest BCUT2D eigenvalue weighted by Crippen LogP contribution is -2.54. The molecule has 0 saturated carbocycles. The van der Waals surface area contributed by atoms with Crippen molar-refractivity contribution in [3.63, 3.8) is 0 Å². The Bertz CT molecular complexity index is 1340. The number of carbonyl (C=O) groups excluding carboxylic acids is 3. The lowest BCUT2D eigenvalue weighted by atomic mass is 10.1. The molecule has 0 aliphatic carbocycles. The van der Waals surface area contributed by atoms with Crippen LogP contribution < -0.4 is 15.0 Å². The summed E-state index contributed by atoms with van der Waals surface area (Å²) in [5.41, 5.74) is 2.49. The second kappa shape index (κ2) is 10.2. The molecule has 4 amide bonds. The highest BCUT2D eigenvalue weighted by atomic mass is 127. The zero-order valence-electron chi connectivity index (χ0n) is 17.8. The largest absolute Gasteiger partial charge is 0.488 e. The van der Waals surface area contributed by atoms with Crippen LogP contribution in [-0.4, -0.2) is 17.8 Å². The van der Waals surface area contributed by atoms with Gasteiger partial charge in [0.15, 0.2) is 0 Å². The number of nitrogens with zero attached hydrogens (tertiary/aromatic N) is 1. The Morgan fingerprint density at radius 2 is 1.74 bits per heavy atom. The Balaban J connectivity index is 1.56.